The van der Waals surface area contributed by atoms with Crippen molar-refractivity contribution < 1.29 is 0 Å². The molecule has 1 aromatic heterocycles. The van der Waals surface area contributed by atoms with Crippen LogP contribution in [-0.4, -0.2) is 27.5 Å². The van der Waals surface area contributed by atoms with Crippen LogP contribution in [0.1, 0.15) is 44.7 Å². The maximum atomic E-state index is 5.74. The number of anilines is 1. The fourth-order valence-corrected chi connectivity index (χ4v) is 2.83. The Morgan fingerprint density at radius 1 is 1.33 bits per heavy atom. The highest BCUT2D eigenvalue weighted by atomic mass is 32.1. The van der Waals surface area contributed by atoms with Gasteiger partial charge in [-0.25, -0.2) is 9.97 Å². The third-order valence-electron chi connectivity index (χ3n) is 3.54. The second kappa shape index (κ2) is 6.09. The van der Waals surface area contributed by atoms with Gasteiger partial charge in [0.05, 0.1) is 0 Å². The van der Waals surface area contributed by atoms with Crippen LogP contribution in [0.5, 0.6) is 0 Å². The molecule has 0 radical (unpaired) electrons. The van der Waals surface area contributed by atoms with E-state index in [4.69, 9.17) is 18.0 Å². The molecule has 1 aliphatic rings. The molecule has 0 amide bonds. The van der Waals surface area contributed by atoms with Gasteiger partial charge in [-0.15, -0.1) is 0 Å². The molecule has 18 heavy (non-hydrogen) atoms. The highest BCUT2D eigenvalue weighted by molar-refractivity contribution is 7.80. The molecule has 1 heterocycles. The summed E-state index contributed by atoms with van der Waals surface area (Å²) >= 11 is 5.07. The summed E-state index contributed by atoms with van der Waals surface area (Å²) in [6, 6.07) is 0.550. The Hall–Kier alpha value is -1.23. The molecule has 2 N–H and O–H groups in total. The lowest BCUT2D eigenvalue weighted by Crippen LogP contribution is -2.38. The summed E-state index contributed by atoms with van der Waals surface area (Å²) in [4.78, 5) is 11.3. The minimum Gasteiger partial charge on any atom is -0.388 e. The highest BCUT2D eigenvalue weighted by Gasteiger charge is 2.24. The Morgan fingerprint density at radius 3 is 2.61 bits per heavy atom. The van der Waals surface area contributed by atoms with Crippen molar-refractivity contribution in [1.82, 2.24) is 9.97 Å². The fraction of sp³-hybridized carbons (Fsp3) is 0.615. The average molecular weight is 264 g/mol. The van der Waals surface area contributed by atoms with Gasteiger partial charge < -0.3 is 10.6 Å². The molecule has 1 aliphatic carbocycles. The monoisotopic (exact) mass is 264 g/mol. The summed E-state index contributed by atoms with van der Waals surface area (Å²) in [5.41, 5.74) is 6.39. The number of hydrogen-bond donors (Lipinski definition) is 1. The SMILES string of the molecule is CCN(c1nccnc1C(N)=S)C1CCCCC1. The molecule has 1 aromatic rings. The maximum absolute atomic E-state index is 5.74. The molecule has 0 aromatic carbocycles. The molecule has 0 aliphatic heterocycles. The standard InChI is InChI=1S/C13H20N4S/c1-2-17(10-6-4-3-5-7-10)13-11(12(14)18)15-8-9-16-13/h8-10H,2-7H2,1H3,(H2,14,18). The number of nitrogens with two attached hydrogens (primary N) is 1. The lowest BCUT2D eigenvalue weighted by atomic mass is 9.94. The molecular formula is C13H20N4S. The van der Waals surface area contributed by atoms with E-state index < -0.39 is 0 Å². The molecule has 98 valence electrons. The summed E-state index contributed by atoms with van der Waals surface area (Å²) in [6.45, 7) is 3.06. The number of rotatable bonds is 4. The van der Waals surface area contributed by atoms with Gasteiger partial charge in [0.15, 0.2) is 5.82 Å². The third-order valence-corrected chi connectivity index (χ3v) is 3.73. The molecule has 0 bridgehead atoms. The van der Waals surface area contributed by atoms with Crippen molar-refractivity contribution in [2.45, 2.75) is 45.1 Å². The molecule has 4 nitrogen and oxygen atoms in total. The van der Waals surface area contributed by atoms with Crippen LogP contribution in [0.2, 0.25) is 0 Å². The predicted molar refractivity (Wildman–Crippen MR) is 77.8 cm³/mol. The molecule has 2 rings (SSSR count). The van der Waals surface area contributed by atoms with E-state index in [1.165, 1.54) is 32.1 Å². The zero-order valence-corrected chi connectivity index (χ0v) is 11.6. The van der Waals surface area contributed by atoms with E-state index in [0.717, 1.165) is 12.4 Å². The van der Waals surface area contributed by atoms with E-state index in [2.05, 4.69) is 21.8 Å². The first-order chi connectivity index (χ1) is 8.74. The molecule has 1 saturated carbocycles. The smallest absolute Gasteiger partial charge is 0.157 e. The van der Waals surface area contributed by atoms with Gasteiger partial charge in [-0.3, -0.25) is 0 Å². The number of nitrogens with zero attached hydrogens (tertiary/aromatic N) is 3. The number of thiocarbonyl (C=S) groups is 1. The first kappa shape index (κ1) is 13.2. The second-order valence-electron chi connectivity index (χ2n) is 4.67. The van der Waals surface area contributed by atoms with Crippen molar-refractivity contribution in [1.29, 1.82) is 0 Å². The molecule has 0 spiro atoms. The Labute approximate surface area is 114 Å². The molecule has 0 atom stereocenters. The van der Waals surface area contributed by atoms with Crippen molar-refractivity contribution in [2.75, 3.05) is 11.4 Å². The van der Waals surface area contributed by atoms with Gasteiger partial charge in [0.2, 0.25) is 0 Å². The van der Waals surface area contributed by atoms with Crippen LogP contribution in [0.3, 0.4) is 0 Å². The first-order valence-electron chi connectivity index (χ1n) is 6.61. The Bertz CT molecular complexity index is 415. The van der Waals surface area contributed by atoms with E-state index in [1.807, 2.05) is 0 Å². The quantitative estimate of drug-likeness (QED) is 0.845. The van der Waals surface area contributed by atoms with Crippen LogP contribution >= 0.6 is 12.2 Å². The van der Waals surface area contributed by atoms with Gasteiger partial charge in [0, 0.05) is 25.0 Å². The first-order valence-corrected chi connectivity index (χ1v) is 7.02. The van der Waals surface area contributed by atoms with Gasteiger partial charge in [-0.1, -0.05) is 31.5 Å². The molecule has 0 unspecified atom stereocenters. The van der Waals surface area contributed by atoms with Gasteiger partial charge in [-0.2, -0.15) is 0 Å². The summed E-state index contributed by atoms with van der Waals surface area (Å²) in [6.07, 6.45) is 9.74. The van der Waals surface area contributed by atoms with Crippen LogP contribution in [0.25, 0.3) is 0 Å². The van der Waals surface area contributed by atoms with Gasteiger partial charge in [0.1, 0.15) is 10.7 Å². The molecular weight excluding hydrogens is 244 g/mol. The zero-order chi connectivity index (χ0) is 13.0. The van der Waals surface area contributed by atoms with Crippen LogP contribution in [0.4, 0.5) is 5.82 Å². The van der Waals surface area contributed by atoms with Crippen LogP contribution in [0.15, 0.2) is 12.4 Å². The van der Waals surface area contributed by atoms with Gasteiger partial charge in [-0.05, 0) is 19.8 Å². The zero-order valence-electron chi connectivity index (χ0n) is 10.8. The number of aromatic nitrogens is 2. The van der Waals surface area contributed by atoms with Crippen molar-refractivity contribution >= 4 is 23.0 Å². The minimum atomic E-state index is 0.326. The second-order valence-corrected chi connectivity index (χ2v) is 5.11. The normalized spacial score (nSPS) is 16.5. The lowest BCUT2D eigenvalue weighted by Gasteiger charge is -2.35. The van der Waals surface area contributed by atoms with Gasteiger partial charge >= 0.3 is 0 Å². The topological polar surface area (TPSA) is 55.0 Å². The van der Waals surface area contributed by atoms with E-state index in [1.54, 1.807) is 12.4 Å². The van der Waals surface area contributed by atoms with Crippen molar-refractivity contribution in [2.24, 2.45) is 5.73 Å². The van der Waals surface area contributed by atoms with E-state index >= 15 is 0 Å². The van der Waals surface area contributed by atoms with Crippen molar-refractivity contribution in [3.63, 3.8) is 0 Å². The molecule has 1 fully saturated rings. The summed E-state index contributed by atoms with van der Waals surface area (Å²) in [7, 11) is 0. The van der Waals surface area contributed by atoms with Crippen LogP contribution < -0.4 is 10.6 Å². The predicted octanol–water partition coefficient (Wildman–Crippen LogP) is 2.27. The molecule has 0 saturated heterocycles. The van der Waals surface area contributed by atoms with E-state index in [-0.39, 0.29) is 0 Å². The minimum absolute atomic E-state index is 0.326. The Morgan fingerprint density at radius 2 is 2.00 bits per heavy atom. The summed E-state index contributed by atoms with van der Waals surface area (Å²) in [5.74, 6) is 0.847. The Balaban J connectivity index is 2.28. The van der Waals surface area contributed by atoms with Crippen molar-refractivity contribution in [3.05, 3.63) is 18.1 Å². The maximum Gasteiger partial charge on any atom is 0.157 e. The fourth-order valence-electron chi connectivity index (χ4n) is 2.69. The third kappa shape index (κ3) is 2.77. The van der Waals surface area contributed by atoms with Crippen molar-refractivity contribution in [3.8, 4) is 0 Å². The highest BCUT2D eigenvalue weighted by Crippen LogP contribution is 2.27. The van der Waals surface area contributed by atoms with Gasteiger partial charge in [0.25, 0.3) is 0 Å². The van der Waals surface area contributed by atoms with E-state index in [0.29, 0.717) is 16.7 Å². The van der Waals surface area contributed by atoms with E-state index in [9.17, 15) is 0 Å². The summed E-state index contributed by atoms with van der Waals surface area (Å²) in [5, 5.41) is 0. The van der Waals surface area contributed by atoms with Crippen LogP contribution in [0, 0.1) is 0 Å². The largest absolute Gasteiger partial charge is 0.388 e. The van der Waals surface area contributed by atoms with Crippen LogP contribution in [-0.2, 0) is 0 Å². The summed E-state index contributed by atoms with van der Waals surface area (Å²) < 4.78 is 0. The number of hydrogen-bond acceptors (Lipinski definition) is 4. The lowest BCUT2D eigenvalue weighted by molar-refractivity contribution is 0.416. The average Bonchev–Trinajstić information content (AvgIpc) is 2.41. The molecule has 5 heteroatoms. The Kier molecular flexibility index (Phi) is 4.47.